The monoisotopic (exact) mass is 501 g/mol. The van der Waals surface area contributed by atoms with E-state index in [2.05, 4.69) is 14.7 Å². The smallest absolute Gasteiger partial charge is 1.00 e. The van der Waals surface area contributed by atoms with Crippen LogP contribution in [0.4, 0.5) is 17.6 Å². The zero-order valence-electron chi connectivity index (χ0n) is 18.7. The number of ether oxygens (including phenoxy) is 2. The van der Waals surface area contributed by atoms with Crippen LogP contribution in [0.25, 0.3) is 22.2 Å². The van der Waals surface area contributed by atoms with Crippen LogP contribution in [-0.2, 0) is 6.54 Å². The van der Waals surface area contributed by atoms with Crippen molar-refractivity contribution < 1.29 is 89.7 Å². The number of aromatic nitrogens is 3. The number of pyridine rings is 2. The van der Waals surface area contributed by atoms with Crippen molar-refractivity contribution in [3.8, 4) is 22.8 Å². The predicted octanol–water partition coefficient (Wildman–Crippen LogP) is 2.03. The van der Waals surface area contributed by atoms with Gasteiger partial charge in [0.1, 0.15) is 23.8 Å². The van der Waals surface area contributed by atoms with Crippen LogP contribution >= 0.6 is 0 Å². The number of benzene rings is 1. The molecule has 1 aromatic carbocycles. The van der Waals surface area contributed by atoms with Gasteiger partial charge in [-0.15, -0.1) is 13.2 Å². The fourth-order valence-electron chi connectivity index (χ4n) is 3.38. The molecule has 0 spiro atoms. The van der Waals surface area contributed by atoms with Gasteiger partial charge in [-0.05, 0) is 42.5 Å². The first kappa shape index (κ1) is 26.1. The van der Waals surface area contributed by atoms with E-state index in [0.717, 1.165) is 12.1 Å². The molecule has 0 bridgehead atoms. The number of carbonyl (C=O) groups is 1. The molecule has 0 unspecified atom stereocenters. The zero-order chi connectivity index (χ0) is 23.6. The number of alkyl halides is 3. The van der Waals surface area contributed by atoms with Gasteiger partial charge < -0.3 is 20.6 Å². The van der Waals surface area contributed by atoms with Crippen LogP contribution in [0.15, 0.2) is 60.9 Å². The van der Waals surface area contributed by atoms with Crippen LogP contribution < -0.4 is 60.9 Å². The van der Waals surface area contributed by atoms with Crippen LogP contribution in [0.2, 0.25) is 0 Å². The number of hydrogen-bond acceptors (Lipinski definition) is 5. The molecule has 0 aliphatic carbocycles. The topological polar surface area (TPSA) is 86.5 Å². The molecule has 7 nitrogen and oxygen atoms in total. The van der Waals surface area contributed by atoms with Crippen molar-refractivity contribution in [3.63, 3.8) is 0 Å². The Balaban J connectivity index is 0.00000216. The summed E-state index contributed by atoms with van der Waals surface area (Å²) in [6.45, 7) is 0.158. The Morgan fingerprint density at radius 3 is 2.35 bits per heavy atom. The van der Waals surface area contributed by atoms with Crippen molar-refractivity contribution in [2.45, 2.75) is 12.9 Å². The van der Waals surface area contributed by atoms with E-state index >= 15 is 0 Å². The number of carboxylic acid groups (broad SMARTS) is 1. The van der Waals surface area contributed by atoms with Crippen LogP contribution in [0.5, 0.6) is 11.5 Å². The van der Waals surface area contributed by atoms with Gasteiger partial charge in [0.15, 0.2) is 0 Å². The molecule has 0 aliphatic heterocycles. The maximum absolute atomic E-state index is 13.6. The molecular formula is C22H16F4KN3O4. The van der Waals surface area contributed by atoms with Gasteiger partial charge in [-0.25, -0.2) is 9.78 Å². The average molecular weight is 501 g/mol. The van der Waals surface area contributed by atoms with E-state index in [1.54, 1.807) is 12.1 Å². The summed E-state index contributed by atoms with van der Waals surface area (Å²) in [4.78, 5) is 19.6. The molecule has 4 rings (SSSR count). The summed E-state index contributed by atoms with van der Waals surface area (Å²) < 4.78 is 61.2. The quantitative estimate of drug-likeness (QED) is 0.237. The van der Waals surface area contributed by atoms with E-state index in [4.69, 9.17) is 4.74 Å². The molecule has 4 aromatic rings. The Labute approximate surface area is 234 Å². The second kappa shape index (κ2) is 10.8. The van der Waals surface area contributed by atoms with Crippen molar-refractivity contribution in [3.05, 3.63) is 72.6 Å². The molecule has 12 heteroatoms. The molecule has 0 radical (unpaired) electrons. The number of carboxylic acids is 1. The largest absolute Gasteiger partial charge is 1.00 e. The minimum absolute atomic E-state index is 0. The molecule has 0 saturated heterocycles. The summed E-state index contributed by atoms with van der Waals surface area (Å²) in [5.74, 6) is -1.96. The first-order valence-electron chi connectivity index (χ1n) is 9.53. The Hall–Kier alpha value is -2.51. The van der Waals surface area contributed by atoms with Crippen LogP contribution in [-0.4, -0.2) is 38.6 Å². The van der Waals surface area contributed by atoms with Crippen LogP contribution in [0.3, 0.4) is 0 Å². The van der Waals surface area contributed by atoms with Crippen molar-refractivity contribution in [1.82, 2.24) is 14.5 Å². The maximum atomic E-state index is 13.6. The number of fused-ring (bicyclic) bond motifs is 1. The number of nitrogens with zero attached hydrogens (tertiary/aromatic N) is 3. The molecule has 3 heterocycles. The summed E-state index contributed by atoms with van der Waals surface area (Å²) in [6.07, 6.45) is -2.02. The molecule has 0 aliphatic rings. The number of aromatic carboxylic acids is 1. The van der Waals surface area contributed by atoms with Crippen molar-refractivity contribution >= 4 is 16.9 Å². The minimum atomic E-state index is -4.79. The summed E-state index contributed by atoms with van der Waals surface area (Å²) in [5, 5.41) is 10.2. The van der Waals surface area contributed by atoms with Gasteiger partial charge >= 0.3 is 63.7 Å². The molecule has 0 atom stereocenters. The Kier molecular flexibility index (Phi) is 8.31. The van der Waals surface area contributed by atoms with Crippen LogP contribution in [0, 0.1) is 5.95 Å². The number of halogens is 4. The maximum Gasteiger partial charge on any atom is 1.00 e. The molecule has 1 N–H and O–H groups in total. The first-order chi connectivity index (χ1) is 15.7. The molecule has 172 valence electrons. The molecule has 0 saturated carbocycles. The van der Waals surface area contributed by atoms with E-state index in [1.165, 1.54) is 41.2 Å². The minimum Gasteiger partial charge on any atom is -1.00 e. The van der Waals surface area contributed by atoms with Gasteiger partial charge in [-0.1, -0.05) is 0 Å². The third-order valence-corrected chi connectivity index (χ3v) is 4.69. The standard InChI is InChI=1S/C22H15F4N3O4.K.H/c23-19-11-13(5-7-27-19)20-16-12-18(21(30)31)29(17(16)6-8-28-20)9-10-32-14-1-3-15(4-2-14)33-22(24,25)26;;/h1-8,11-12H,9-10H2,(H,30,31);;/q;+1;-1. The van der Waals surface area contributed by atoms with Crippen molar-refractivity contribution in [2.75, 3.05) is 6.61 Å². The SMILES string of the molecule is O=C(O)c1cc2c(-c3ccnc(F)c3)nccc2n1CCOc1ccc(OC(F)(F)F)cc1.[H-].[K+]. The normalized spacial score (nSPS) is 11.2. The number of hydrogen-bond donors (Lipinski definition) is 1. The Bertz CT molecular complexity index is 1320. The zero-order valence-corrected chi connectivity index (χ0v) is 20.8. The van der Waals surface area contributed by atoms with Crippen molar-refractivity contribution in [2.24, 2.45) is 0 Å². The van der Waals surface area contributed by atoms with E-state index in [-0.39, 0.29) is 83.2 Å². The molecular weight excluding hydrogens is 485 g/mol. The Morgan fingerprint density at radius 1 is 1.03 bits per heavy atom. The fourth-order valence-corrected chi connectivity index (χ4v) is 3.38. The molecule has 3 aromatic heterocycles. The van der Waals surface area contributed by atoms with E-state index < -0.39 is 18.3 Å². The fraction of sp³-hybridized carbons (Fsp3) is 0.136. The molecule has 0 fully saturated rings. The number of rotatable bonds is 7. The molecule has 34 heavy (non-hydrogen) atoms. The summed E-state index contributed by atoms with van der Waals surface area (Å²) in [6, 6.07) is 10.7. The van der Waals surface area contributed by atoms with Gasteiger partial charge in [0.25, 0.3) is 0 Å². The predicted molar refractivity (Wildman–Crippen MR) is 110 cm³/mol. The van der Waals surface area contributed by atoms with E-state index in [0.29, 0.717) is 22.2 Å². The summed E-state index contributed by atoms with van der Waals surface area (Å²) in [5.41, 5.74) is 1.37. The van der Waals surface area contributed by atoms with Crippen LogP contribution in [0.1, 0.15) is 11.9 Å². The first-order valence-corrected chi connectivity index (χ1v) is 9.53. The van der Waals surface area contributed by atoms with Gasteiger partial charge in [-0.3, -0.25) is 4.98 Å². The molecule has 0 amide bonds. The summed E-state index contributed by atoms with van der Waals surface area (Å²) >= 11 is 0. The van der Waals surface area contributed by atoms with Crippen molar-refractivity contribution in [1.29, 1.82) is 0 Å². The third kappa shape index (κ3) is 6.13. The Morgan fingerprint density at radius 2 is 1.71 bits per heavy atom. The summed E-state index contributed by atoms with van der Waals surface area (Å²) in [7, 11) is 0. The van der Waals surface area contributed by atoms with Gasteiger partial charge in [0, 0.05) is 29.4 Å². The second-order valence-corrected chi connectivity index (χ2v) is 6.81. The second-order valence-electron chi connectivity index (χ2n) is 6.81. The van der Waals surface area contributed by atoms with Gasteiger partial charge in [0.2, 0.25) is 5.95 Å². The van der Waals surface area contributed by atoms with Gasteiger partial charge in [-0.2, -0.15) is 4.39 Å². The average Bonchev–Trinajstić information content (AvgIpc) is 3.13. The van der Waals surface area contributed by atoms with Gasteiger partial charge in [0.05, 0.1) is 17.8 Å². The third-order valence-electron chi connectivity index (χ3n) is 4.69. The van der Waals surface area contributed by atoms with E-state index in [9.17, 15) is 27.5 Å². The van der Waals surface area contributed by atoms with E-state index in [1.807, 2.05) is 0 Å².